The lowest BCUT2D eigenvalue weighted by Crippen LogP contribution is -2.74. The number of aliphatic hydroxyl groups excluding tert-OH is 8. The summed E-state index contributed by atoms with van der Waals surface area (Å²) in [6.07, 6.45) is -17.6. The van der Waals surface area contributed by atoms with E-state index in [0.717, 1.165) is 11.9 Å². The van der Waals surface area contributed by atoms with Crippen LogP contribution in [-0.4, -0.2) is 158 Å². The highest BCUT2D eigenvalue weighted by Gasteiger charge is 2.59. The second-order valence-corrected chi connectivity index (χ2v) is 11.6. The van der Waals surface area contributed by atoms with Crippen LogP contribution < -0.4 is 21.9 Å². The van der Waals surface area contributed by atoms with Crippen LogP contribution in [-0.2, 0) is 28.5 Å². The molecule has 3 fully saturated rings. The fourth-order valence-electron chi connectivity index (χ4n) is 5.15. The zero-order chi connectivity index (χ0) is 32.3. The summed E-state index contributed by atoms with van der Waals surface area (Å²) >= 11 is 0.855. The maximum absolute atomic E-state index is 13.2. The number of hydrogen-bond acceptors (Lipinski definition) is 18. The number of carbonyl (C=O) groups is 1. The average Bonchev–Trinajstić information content (AvgIpc) is 3.03. The second kappa shape index (κ2) is 14.9. The fraction of sp³-hybridized carbons (Fsp3) is 0.720. The molecule has 1 aromatic carbocycles. The van der Waals surface area contributed by atoms with Crippen LogP contribution in [0.5, 0.6) is 0 Å². The molecule has 44 heavy (non-hydrogen) atoms. The van der Waals surface area contributed by atoms with Gasteiger partial charge in [-0.2, -0.15) is 0 Å². The van der Waals surface area contributed by atoms with Crippen molar-refractivity contribution in [2.45, 2.75) is 96.3 Å². The predicted octanol–water partition coefficient (Wildman–Crippen LogP) is -6.48. The molecule has 0 aromatic heterocycles. The van der Waals surface area contributed by atoms with Crippen molar-refractivity contribution in [2.75, 3.05) is 19.8 Å². The van der Waals surface area contributed by atoms with E-state index in [1.807, 2.05) is 0 Å². The lowest BCUT2D eigenvalue weighted by molar-refractivity contribution is -0.355. The highest BCUT2D eigenvalue weighted by molar-refractivity contribution is 7.98. The molecule has 1 aromatic rings. The van der Waals surface area contributed by atoms with E-state index < -0.39 is 117 Å². The number of rotatable bonds is 10. The van der Waals surface area contributed by atoms with Crippen molar-refractivity contribution in [3.63, 3.8) is 0 Å². The van der Waals surface area contributed by atoms with E-state index >= 15 is 0 Å². The number of ether oxygens (including phenoxy) is 5. The van der Waals surface area contributed by atoms with Crippen LogP contribution in [0, 0.1) is 0 Å². The van der Waals surface area contributed by atoms with Gasteiger partial charge in [-0.25, -0.2) is 0 Å². The maximum atomic E-state index is 13.2. The zero-order valence-electron chi connectivity index (χ0n) is 23.3. The van der Waals surface area contributed by atoms with Gasteiger partial charge in [0.25, 0.3) is 5.91 Å². The molecule has 0 radical (unpaired) electrons. The first-order valence-corrected chi connectivity index (χ1v) is 14.5. The van der Waals surface area contributed by atoms with Gasteiger partial charge >= 0.3 is 0 Å². The molecule has 3 aliphatic rings. The molecule has 1 amide bonds. The monoisotopic (exact) mass is 652 g/mol. The van der Waals surface area contributed by atoms with Crippen LogP contribution in [0.25, 0.3) is 0 Å². The Kier molecular flexibility index (Phi) is 11.9. The van der Waals surface area contributed by atoms with Crippen LogP contribution in [0.15, 0.2) is 35.2 Å². The molecule has 0 saturated carbocycles. The molecule has 3 aliphatic heterocycles. The smallest absolute Gasteiger partial charge is 0.267 e. The SMILES string of the molecule is N[C@H]1[C@@H](OC2[C@@H](CO)O[C@@H](OC3[C@@H](CO)O[C@@H](O)[C@H](N)[C@H]3O)[C@H](N)[C@H]2O)O[C@@](CO)(C(=O)NSc2ccccc2)[C@@H](O)[C@@H]1O. The van der Waals surface area contributed by atoms with E-state index in [9.17, 15) is 45.6 Å². The minimum absolute atomic E-state index is 0.610. The first kappa shape index (κ1) is 35.3. The van der Waals surface area contributed by atoms with E-state index in [1.54, 1.807) is 30.3 Å². The Hall–Kier alpha value is -1.60. The van der Waals surface area contributed by atoms with Gasteiger partial charge in [0.05, 0.1) is 37.9 Å². The normalized spacial score (nSPS) is 44.7. The number of benzene rings is 1. The quantitative estimate of drug-likeness (QED) is 0.105. The second-order valence-electron chi connectivity index (χ2n) is 10.7. The van der Waals surface area contributed by atoms with Crippen LogP contribution >= 0.6 is 11.9 Å². The number of nitrogens with two attached hydrogens (primary N) is 3. The van der Waals surface area contributed by atoms with Gasteiger partial charge in [0.15, 0.2) is 18.9 Å². The highest BCUT2D eigenvalue weighted by Crippen LogP contribution is 2.35. The summed E-state index contributed by atoms with van der Waals surface area (Å²) in [6.45, 7) is -2.61. The van der Waals surface area contributed by atoms with Crippen molar-refractivity contribution in [3.8, 4) is 0 Å². The molecule has 3 saturated heterocycles. The number of amides is 1. The third-order valence-electron chi connectivity index (χ3n) is 7.86. The number of nitrogens with one attached hydrogen (secondary N) is 1. The van der Waals surface area contributed by atoms with Crippen LogP contribution in [0.3, 0.4) is 0 Å². The zero-order valence-corrected chi connectivity index (χ0v) is 24.1. The minimum atomic E-state index is -2.47. The van der Waals surface area contributed by atoms with Gasteiger partial charge in [-0.1, -0.05) is 18.2 Å². The highest BCUT2D eigenvalue weighted by atomic mass is 32.2. The van der Waals surface area contributed by atoms with Gasteiger partial charge in [0.2, 0.25) is 5.60 Å². The third kappa shape index (κ3) is 6.89. The van der Waals surface area contributed by atoms with Crippen LogP contribution in [0.2, 0.25) is 0 Å². The van der Waals surface area contributed by atoms with Gasteiger partial charge in [0.1, 0.15) is 48.8 Å². The average molecular weight is 653 g/mol. The third-order valence-corrected chi connectivity index (χ3v) is 8.66. The number of aliphatic hydroxyl groups is 8. The summed E-state index contributed by atoms with van der Waals surface area (Å²) < 4.78 is 30.5. The molecule has 0 spiro atoms. The van der Waals surface area contributed by atoms with Crippen molar-refractivity contribution in [3.05, 3.63) is 30.3 Å². The fourth-order valence-corrected chi connectivity index (χ4v) is 5.83. The Labute approximate surface area is 255 Å². The predicted molar refractivity (Wildman–Crippen MR) is 147 cm³/mol. The lowest BCUT2D eigenvalue weighted by atomic mass is 9.85. The summed E-state index contributed by atoms with van der Waals surface area (Å²) in [6, 6.07) is 4.30. The van der Waals surface area contributed by atoms with E-state index in [0.29, 0.717) is 4.90 Å². The molecular weight excluding hydrogens is 612 g/mol. The van der Waals surface area contributed by atoms with Crippen molar-refractivity contribution in [1.82, 2.24) is 4.72 Å². The summed E-state index contributed by atoms with van der Waals surface area (Å²) in [7, 11) is 0. The van der Waals surface area contributed by atoms with Gasteiger partial charge < -0.3 is 81.7 Å². The molecule has 2 unspecified atom stereocenters. The molecular formula is C25H40N4O14S. The largest absolute Gasteiger partial charge is 0.394 e. The van der Waals surface area contributed by atoms with E-state index in [2.05, 4.69) is 4.72 Å². The molecule has 250 valence electrons. The molecule has 19 heteroatoms. The van der Waals surface area contributed by atoms with Gasteiger partial charge in [-0.3, -0.25) is 9.52 Å². The van der Waals surface area contributed by atoms with Gasteiger partial charge in [-0.05, 0) is 24.1 Å². The van der Waals surface area contributed by atoms with Crippen molar-refractivity contribution >= 4 is 17.9 Å². The standard InChI is InChI=1S/C25H40N4O14S/c26-12-15(33)18(10(6-30)39-21(12)37)41-22-13(27)16(34)19(11(7-31)40-22)42-23-14(28)17(35)20(36)25(8-32,43-23)24(38)29-44-9-4-2-1-3-5-9/h1-5,10-23,30-37H,6-8,26-28H2,(H,29,38)/t10-,11-,12-,13-,14-,15-,16-,17-,18?,19?,20+,21-,22+,23+,25-/m1/s1. The Morgan fingerprint density at radius 1 is 0.818 bits per heavy atom. The molecule has 3 heterocycles. The molecule has 4 rings (SSSR count). The first-order chi connectivity index (χ1) is 20.9. The van der Waals surface area contributed by atoms with E-state index in [1.165, 1.54) is 0 Å². The Morgan fingerprint density at radius 3 is 1.95 bits per heavy atom. The summed E-state index contributed by atoms with van der Waals surface area (Å²) in [5, 5.41) is 82.9. The lowest BCUT2D eigenvalue weighted by Gasteiger charge is -2.50. The molecule has 0 aliphatic carbocycles. The Balaban J connectivity index is 1.49. The summed E-state index contributed by atoms with van der Waals surface area (Å²) in [5.41, 5.74) is 15.5. The topological polar surface area (TPSA) is 315 Å². The molecule has 18 nitrogen and oxygen atoms in total. The Bertz CT molecular complexity index is 1080. The number of hydrogen-bond donors (Lipinski definition) is 12. The molecule has 15 atom stereocenters. The summed E-state index contributed by atoms with van der Waals surface area (Å²) in [4.78, 5) is 13.8. The Morgan fingerprint density at radius 2 is 1.36 bits per heavy atom. The van der Waals surface area contributed by atoms with Gasteiger partial charge in [-0.15, -0.1) is 0 Å². The van der Waals surface area contributed by atoms with E-state index in [4.69, 9.17) is 40.9 Å². The van der Waals surface area contributed by atoms with Crippen molar-refractivity contribution in [2.24, 2.45) is 17.2 Å². The maximum Gasteiger partial charge on any atom is 0.267 e. The van der Waals surface area contributed by atoms with Gasteiger partial charge in [0, 0.05) is 4.90 Å². The van der Waals surface area contributed by atoms with Crippen molar-refractivity contribution < 1.29 is 69.3 Å². The van der Waals surface area contributed by atoms with Crippen LogP contribution in [0.1, 0.15) is 0 Å². The molecule has 0 bridgehead atoms. The number of carbonyl (C=O) groups excluding carboxylic acids is 1. The minimum Gasteiger partial charge on any atom is -0.394 e. The van der Waals surface area contributed by atoms with Crippen molar-refractivity contribution in [1.29, 1.82) is 0 Å². The molecule has 15 N–H and O–H groups in total. The summed E-state index contributed by atoms with van der Waals surface area (Å²) in [5.74, 6) is -1.03. The van der Waals surface area contributed by atoms with Crippen LogP contribution in [0.4, 0.5) is 0 Å². The first-order valence-electron chi connectivity index (χ1n) is 13.7. The van der Waals surface area contributed by atoms with E-state index in [-0.39, 0.29) is 0 Å².